The van der Waals surface area contributed by atoms with Crippen LogP contribution in [-0.4, -0.2) is 5.54 Å². The summed E-state index contributed by atoms with van der Waals surface area (Å²) in [7, 11) is 0. The van der Waals surface area contributed by atoms with E-state index in [1.54, 1.807) is 0 Å². The van der Waals surface area contributed by atoms with Crippen LogP contribution in [0.15, 0.2) is 22.7 Å². The molecule has 0 saturated carbocycles. The van der Waals surface area contributed by atoms with Crippen molar-refractivity contribution in [1.82, 2.24) is 5.32 Å². The van der Waals surface area contributed by atoms with Crippen molar-refractivity contribution in [2.45, 2.75) is 32.4 Å². The fourth-order valence-electron chi connectivity index (χ4n) is 1.80. The summed E-state index contributed by atoms with van der Waals surface area (Å²) in [6.45, 7) is 5.49. The van der Waals surface area contributed by atoms with Gasteiger partial charge in [-0.25, -0.2) is 0 Å². The maximum Gasteiger partial charge on any atom is 0.0213 e. The molecule has 0 amide bonds. The molecule has 70 valence electrons. The molecule has 1 nitrogen and oxygen atoms in total. The molecule has 0 unspecified atom stereocenters. The lowest BCUT2D eigenvalue weighted by molar-refractivity contribution is 0.362. The van der Waals surface area contributed by atoms with Gasteiger partial charge in [0.15, 0.2) is 0 Å². The molecule has 1 aromatic rings. The molecule has 0 atom stereocenters. The minimum absolute atomic E-state index is 0.244. The molecule has 0 bridgehead atoms. The Kier molecular flexibility index (Phi) is 2.20. The quantitative estimate of drug-likeness (QED) is 0.735. The van der Waals surface area contributed by atoms with Crippen molar-refractivity contribution in [1.29, 1.82) is 0 Å². The first kappa shape index (κ1) is 9.22. The van der Waals surface area contributed by atoms with E-state index < -0.39 is 0 Å². The lowest BCUT2D eigenvalue weighted by atomic mass is 9.88. The maximum atomic E-state index is 3.52. The summed E-state index contributed by atoms with van der Waals surface area (Å²) in [4.78, 5) is 0. The van der Waals surface area contributed by atoms with Crippen molar-refractivity contribution in [2.24, 2.45) is 0 Å². The SMILES string of the molecule is CC1(C)Cc2cc(Br)ccc2CN1. The number of fused-ring (bicyclic) bond motifs is 1. The molecule has 0 saturated heterocycles. The van der Waals surface area contributed by atoms with E-state index in [1.165, 1.54) is 15.6 Å². The van der Waals surface area contributed by atoms with E-state index in [9.17, 15) is 0 Å². The van der Waals surface area contributed by atoms with Crippen LogP contribution in [0.4, 0.5) is 0 Å². The lowest BCUT2D eigenvalue weighted by Gasteiger charge is -2.32. The van der Waals surface area contributed by atoms with Gasteiger partial charge in [0.2, 0.25) is 0 Å². The van der Waals surface area contributed by atoms with Gasteiger partial charge in [-0.05, 0) is 43.5 Å². The van der Waals surface area contributed by atoms with E-state index >= 15 is 0 Å². The summed E-state index contributed by atoms with van der Waals surface area (Å²) in [5.41, 5.74) is 3.15. The fourth-order valence-corrected chi connectivity index (χ4v) is 2.21. The molecule has 0 fully saturated rings. The molecule has 0 spiro atoms. The Morgan fingerprint density at radius 1 is 1.31 bits per heavy atom. The van der Waals surface area contributed by atoms with Crippen molar-refractivity contribution in [3.8, 4) is 0 Å². The molecule has 0 radical (unpaired) electrons. The third-order valence-electron chi connectivity index (χ3n) is 2.56. The van der Waals surface area contributed by atoms with Crippen LogP contribution in [0.3, 0.4) is 0 Å². The molecule has 0 aliphatic carbocycles. The van der Waals surface area contributed by atoms with Crippen LogP contribution < -0.4 is 5.32 Å². The second-order valence-corrected chi connectivity index (χ2v) is 5.24. The van der Waals surface area contributed by atoms with Crippen LogP contribution >= 0.6 is 15.9 Å². The predicted octanol–water partition coefficient (Wildman–Crippen LogP) is 2.87. The second kappa shape index (κ2) is 3.10. The van der Waals surface area contributed by atoms with Crippen molar-refractivity contribution in [2.75, 3.05) is 0 Å². The number of hydrogen-bond donors (Lipinski definition) is 1. The first-order valence-corrected chi connectivity index (χ1v) is 5.38. The normalized spacial score (nSPS) is 19.6. The van der Waals surface area contributed by atoms with Crippen LogP contribution in [0.2, 0.25) is 0 Å². The zero-order valence-electron chi connectivity index (χ0n) is 8.02. The van der Waals surface area contributed by atoms with E-state index in [0.717, 1.165) is 13.0 Å². The Morgan fingerprint density at radius 3 is 2.85 bits per heavy atom. The van der Waals surface area contributed by atoms with Crippen LogP contribution in [-0.2, 0) is 13.0 Å². The van der Waals surface area contributed by atoms with Crippen LogP contribution in [0.5, 0.6) is 0 Å². The number of benzene rings is 1. The standard InChI is InChI=1S/C11H14BrN/c1-11(2)6-9-5-10(12)4-3-8(9)7-13-11/h3-5,13H,6-7H2,1-2H3. The zero-order valence-corrected chi connectivity index (χ0v) is 9.61. The number of rotatable bonds is 0. The maximum absolute atomic E-state index is 3.52. The Balaban J connectivity index is 2.38. The predicted molar refractivity (Wildman–Crippen MR) is 58.8 cm³/mol. The van der Waals surface area contributed by atoms with Gasteiger partial charge < -0.3 is 5.32 Å². The van der Waals surface area contributed by atoms with E-state index in [2.05, 4.69) is 53.3 Å². The van der Waals surface area contributed by atoms with Gasteiger partial charge in [0.05, 0.1) is 0 Å². The van der Waals surface area contributed by atoms with E-state index in [-0.39, 0.29) is 5.54 Å². The van der Waals surface area contributed by atoms with Crippen molar-refractivity contribution in [3.05, 3.63) is 33.8 Å². The number of nitrogens with one attached hydrogen (secondary N) is 1. The van der Waals surface area contributed by atoms with Gasteiger partial charge in [0, 0.05) is 16.6 Å². The molecule has 1 heterocycles. The van der Waals surface area contributed by atoms with Crippen LogP contribution in [0.25, 0.3) is 0 Å². The smallest absolute Gasteiger partial charge is 0.0213 e. The summed E-state index contributed by atoms with van der Waals surface area (Å²) in [6, 6.07) is 6.54. The van der Waals surface area contributed by atoms with Crippen molar-refractivity contribution >= 4 is 15.9 Å². The molecule has 2 rings (SSSR count). The number of hydrogen-bond acceptors (Lipinski definition) is 1. The highest BCUT2D eigenvalue weighted by molar-refractivity contribution is 9.10. The highest BCUT2D eigenvalue weighted by Crippen LogP contribution is 2.25. The summed E-state index contributed by atoms with van der Waals surface area (Å²) in [6.07, 6.45) is 1.11. The van der Waals surface area contributed by atoms with Crippen LogP contribution in [0, 0.1) is 0 Å². The molecule has 1 aliphatic heterocycles. The van der Waals surface area contributed by atoms with Gasteiger partial charge in [0.1, 0.15) is 0 Å². The average molecular weight is 240 g/mol. The highest BCUT2D eigenvalue weighted by atomic mass is 79.9. The van der Waals surface area contributed by atoms with Gasteiger partial charge in [-0.2, -0.15) is 0 Å². The Labute approximate surface area is 87.7 Å². The molecular formula is C11H14BrN. The third-order valence-corrected chi connectivity index (χ3v) is 3.05. The number of halogens is 1. The Hall–Kier alpha value is -0.340. The van der Waals surface area contributed by atoms with Crippen molar-refractivity contribution < 1.29 is 0 Å². The van der Waals surface area contributed by atoms with Gasteiger partial charge in [-0.15, -0.1) is 0 Å². The molecule has 13 heavy (non-hydrogen) atoms. The van der Waals surface area contributed by atoms with E-state index in [1.807, 2.05) is 0 Å². The van der Waals surface area contributed by atoms with Crippen LogP contribution in [0.1, 0.15) is 25.0 Å². The lowest BCUT2D eigenvalue weighted by Crippen LogP contribution is -2.44. The van der Waals surface area contributed by atoms with E-state index in [4.69, 9.17) is 0 Å². The second-order valence-electron chi connectivity index (χ2n) is 4.33. The molecular weight excluding hydrogens is 226 g/mol. The average Bonchev–Trinajstić information content (AvgIpc) is 2.01. The molecule has 1 N–H and O–H groups in total. The topological polar surface area (TPSA) is 12.0 Å². The zero-order chi connectivity index (χ0) is 9.47. The van der Waals surface area contributed by atoms with E-state index in [0.29, 0.717) is 0 Å². The monoisotopic (exact) mass is 239 g/mol. The third kappa shape index (κ3) is 1.94. The first-order chi connectivity index (χ1) is 6.07. The fraction of sp³-hybridized carbons (Fsp3) is 0.455. The minimum atomic E-state index is 0.244. The van der Waals surface area contributed by atoms with Gasteiger partial charge >= 0.3 is 0 Å². The molecule has 2 heteroatoms. The molecule has 1 aromatic carbocycles. The summed E-state index contributed by atoms with van der Waals surface area (Å²) >= 11 is 3.51. The Morgan fingerprint density at radius 2 is 2.08 bits per heavy atom. The molecule has 1 aliphatic rings. The summed E-state index contributed by atoms with van der Waals surface area (Å²) in [5.74, 6) is 0. The van der Waals surface area contributed by atoms with Gasteiger partial charge in [-0.1, -0.05) is 22.0 Å². The summed E-state index contributed by atoms with van der Waals surface area (Å²) < 4.78 is 1.18. The van der Waals surface area contributed by atoms with Gasteiger partial charge in [0.25, 0.3) is 0 Å². The van der Waals surface area contributed by atoms with Gasteiger partial charge in [-0.3, -0.25) is 0 Å². The largest absolute Gasteiger partial charge is 0.307 e. The molecule has 0 aromatic heterocycles. The Bertz CT molecular complexity index is 331. The highest BCUT2D eigenvalue weighted by Gasteiger charge is 2.23. The van der Waals surface area contributed by atoms with Crippen molar-refractivity contribution in [3.63, 3.8) is 0 Å². The summed E-state index contributed by atoms with van der Waals surface area (Å²) in [5, 5.41) is 3.52. The minimum Gasteiger partial charge on any atom is -0.307 e. The first-order valence-electron chi connectivity index (χ1n) is 4.59.